The number of halogens is 3. The fraction of sp³-hybridized carbons (Fsp3) is 0.417. The van der Waals surface area contributed by atoms with Crippen molar-refractivity contribution in [2.75, 3.05) is 6.54 Å². The Morgan fingerprint density at radius 1 is 1.38 bits per heavy atom. The predicted octanol–water partition coefficient (Wildman–Crippen LogP) is 1.75. The first-order valence-corrected chi connectivity index (χ1v) is 7.51. The topological polar surface area (TPSA) is 72.5 Å². The fourth-order valence-corrected chi connectivity index (χ4v) is 3.11. The minimum absolute atomic E-state index is 0.402. The molecule has 0 aliphatic carbocycles. The zero-order chi connectivity index (χ0) is 15.6. The van der Waals surface area contributed by atoms with Gasteiger partial charge in [0.2, 0.25) is 0 Å². The Labute approximate surface area is 119 Å². The van der Waals surface area contributed by atoms with Crippen LogP contribution in [0.5, 0.6) is 0 Å². The molecule has 0 aromatic heterocycles. The first-order valence-electron chi connectivity index (χ1n) is 6.10. The summed E-state index contributed by atoms with van der Waals surface area (Å²) in [5.41, 5.74) is -1.04. The molecule has 1 heterocycles. The molecule has 0 bridgehead atoms. The number of carbonyl (C=O) groups excluding carboxylic acids is 1. The molecule has 1 aliphatic rings. The van der Waals surface area contributed by atoms with Crippen molar-refractivity contribution >= 4 is 16.1 Å². The van der Waals surface area contributed by atoms with Crippen LogP contribution in [0.15, 0.2) is 23.1 Å². The highest BCUT2D eigenvalue weighted by Crippen LogP contribution is 2.28. The minimum Gasteiger partial charge on any atom is -0.341 e. The van der Waals surface area contributed by atoms with E-state index in [9.17, 15) is 26.4 Å². The van der Waals surface area contributed by atoms with Crippen molar-refractivity contribution in [1.29, 1.82) is 0 Å². The van der Waals surface area contributed by atoms with E-state index in [1.807, 2.05) is 0 Å². The zero-order valence-electron chi connectivity index (χ0n) is 10.7. The van der Waals surface area contributed by atoms with Gasteiger partial charge in [-0.3, -0.25) is 0 Å². The smallest absolute Gasteiger partial charge is 0.341 e. The molecule has 0 spiro atoms. The van der Waals surface area contributed by atoms with Gasteiger partial charge in [0.15, 0.2) is 0 Å². The molecule has 1 aliphatic heterocycles. The van der Waals surface area contributed by atoms with Gasteiger partial charge in [-0.1, -0.05) is 0 Å². The molecular weight excluding hydrogens is 311 g/mol. The third kappa shape index (κ3) is 3.53. The molecule has 5 nitrogen and oxygen atoms in total. The number of hydrogen-bond donors (Lipinski definition) is 1. The van der Waals surface area contributed by atoms with E-state index in [1.54, 1.807) is 0 Å². The average molecular weight is 323 g/mol. The van der Waals surface area contributed by atoms with Gasteiger partial charge in [0.1, 0.15) is 16.8 Å². The van der Waals surface area contributed by atoms with Crippen LogP contribution in [0.4, 0.5) is 13.2 Å². The molecule has 1 fully saturated rings. The lowest BCUT2D eigenvalue weighted by atomic mass is 10.2. The summed E-state index contributed by atoms with van der Waals surface area (Å²) in [5.74, 6) is -2.06. The molecule has 2 rings (SSSR count). The van der Waals surface area contributed by atoms with Crippen LogP contribution in [0.25, 0.3) is 0 Å². The largest absolute Gasteiger partial charge is 0.342 e. The van der Waals surface area contributed by atoms with E-state index in [2.05, 4.69) is 9.50 Å². The number of rotatable bonds is 4. The van der Waals surface area contributed by atoms with Crippen molar-refractivity contribution in [3.8, 4) is 0 Å². The Morgan fingerprint density at radius 3 is 2.67 bits per heavy atom. The Kier molecular flexibility index (Phi) is 4.52. The molecule has 21 heavy (non-hydrogen) atoms. The van der Waals surface area contributed by atoms with Crippen molar-refractivity contribution in [2.24, 2.45) is 0 Å². The third-order valence-corrected chi connectivity index (χ3v) is 4.31. The Morgan fingerprint density at radius 2 is 2.10 bits per heavy atom. The van der Waals surface area contributed by atoms with Gasteiger partial charge in [-0.2, -0.15) is 8.42 Å². The SMILES string of the molecule is O=C(OS(=O)(=O)c1ccc(F)cc1C(F)F)C1CCCN1. The van der Waals surface area contributed by atoms with Crippen LogP contribution in [0.3, 0.4) is 0 Å². The summed E-state index contributed by atoms with van der Waals surface area (Å²) >= 11 is 0. The zero-order valence-corrected chi connectivity index (χ0v) is 11.5. The maximum absolute atomic E-state index is 13.0. The van der Waals surface area contributed by atoms with Gasteiger partial charge in [-0.25, -0.2) is 18.0 Å². The molecule has 1 N–H and O–H groups in total. The van der Waals surface area contributed by atoms with Crippen LogP contribution in [0.1, 0.15) is 24.8 Å². The molecule has 1 unspecified atom stereocenters. The van der Waals surface area contributed by atoms with E-state index in [0.717, 1.165) is 0 Å². The van der Waals surface area contributed by atoms with Crippen molar-refractivity contribution in [3.63, 3.8) is 0 Å². The molecule has 1 aromatic rings. The lowest BCUT2D eigenvalue weighted by Crippen LogP contribution is -2.34. The molecule has 1 atom stereocenters. The maximum atomic E-state index is 13.0. The lowest BCUT2D eigenvalue weighted by molar-refractivity contribution is -0.135. The second kappa shape index (κ2) is 6.02. The molecule has 1 saturated heterocycles. The monoisotopic (exact) mass is 323 g/mol. The first-order chi connectivity index (χ1) is 9.81. The second-order valence-corrected chi connectivity index (χ2v) is 6.00. The average Bonchev–Trinajstić information content (AvgIpc) is 2.91. The van der Waals surface area contributed by atoms with E-state index >= 15 is 0 Å². The van der Waals surface area contributed by atoms with Crippen LogP contribution < -0.4 is 5.32 Å². The van der Waals surface area contributed by atoms with E-state index in [4.69, 9.17) is 0 Å². The van der Waals surface area contributed by atoms with Gasteiger partial charge < -0.3 is 9.50 Å². The highest BCUT2D eigenvalue weighted by molar-refractivity contribution is 7.87. The summed E-state index contributed by atoms with van der Waals surface area (Å²) in [6.45, 7) is 0.540. The molecule has 0 amide bonds. The van der Waals surface area contributed by atoms with Crippen LogP contribution in [0, 0.1) is 5.82 Å². The van der Waals surface area contributed by atoms with Crippen molar-refractivity contribution in [3.05, 3.63) is 29.6 Å². The summed E-state index contributed by atoms with van der Waals surface area (Å²) in [7, 11) is -4.73. The molecule has 1 aromatic carbocycles. The van der Waals surface area contributed by atoms with Crippen LogP contribution >= 0.6 is 0 Å². The van der Waals surface area contributed by atoms with E-state index in [1.165, 1.54) is 0 Å². The van der Waals surface area contributed by atoms with Crippen molar-refractivity contribution in [1.82, 2.24) is 5.32 Å². The van der Waals surface area contributed by atoms with Gasteiger partial charge in [0, 0.05) is 5.56 Å². The number of carbonyl (C=O) groups is 1. The third-order valence-electron chi connectivity index (χ3n) is 3.01. The summed E-state index contributed by atoms with van der Waals surface area (Å²) in [6.07, 6.45) is -2.13. The van der Waals surface area contributed by atoms with E-state index < -0.39 is 44.8 Å². The number of nitrogens with one attached hydrogen (secondary N) is 1. The Bertz CT molecular complexity index is 642. The standard InChI is InChI=1S/C12H12F3NO4S/c13-7-3-4-10(8(6-7)11(14)15)21(18,19)20-12(17)9-2-1-5-16-9/h3-4,6,9,11,16H,1-2,5H2. The molecule has 116 valence electrons. The van der Waals surface area contributed by atoms with Gasteiger partial charge in [-0.15, -0.1) is 0 Å². The molecule has 0 radical (unpaired) electrons. The minimum atomic E-state index is -4.73. The van der Waals surface area contributed by atoms with Crippen LogP contribution in [-0.4, -0.2) is 27.0 Å². The van der Waals surface area contributed by atoms with Crippen molar-refractivity contribution in [2.45, 2.75) is 30.2 Å². The van der Waals surface area contributed by atoms with Crippen LogP contribution in [-0.2, 0) is 19.1 Å². The van der Waals surface area contributed by atoms with Gasteiger partial charge >= 0.3 is 16.1 Å². The van der Waals surface area contributed by atoms with Crippen LogP contribution in [0.2, 0.25) is 0 Å². The second-order valence-electron chi connectivity index (χ2n) is 4.49. The Hall–Kier alpha value is -1.61. The summed E-state index contributed by atoms with van der Waals surface area (Å²) in [5, 5.41) is 2.73. The molecule has 9 heteroatoms. The highest BCUT2D eigenvalue weighted by atomic mass is 32.2. The van der Waals surface area contributed by atoms with Gasteiger partial charge in [-0.05, 0) is 37.6 Å². The Balaban J connectivity index is 2.29. The number of hydrogen-bond acceptors (Lipinski definition) is 5. The number of alkyl halides is 2. The summed E-state index contributed by atoms with van der Waals surface area (Å²) in [4.78, 5) is 10.7. The normalized spacial score (nSPS) is 19.0. The van der Waals surface area contributed by atoms with Gasteiger partial charge in [0.05, 0.1) is 0 Å². The quantitative estimate of drug-likeness (QED) is 0.855. The molecular formula is C12H12F3NO4S. The van der Waals surface area contributed by atoms with E-state index in [-0.39, 0.29) is 0 Å². The maximum Gasteiger partial charge on any atom is 0.342 e. The highest BCUT2D eigenvalue weighted by Gasteiger charge is 2.32. The summed E-state index contributed by atoms with van der Waals surface area (Å²) in [6, 6.07) is 0.983. The number of benzene rings is 1. The fourth-order valence-electron chi connectivity index (χ4n) is 2.01. The first kappa shape index (κ1) is 15.8. The molecule has 0 saturated carbocycles. The van der Waals surface area contributed by atoms with E-state index in [0.29, 0.717) is 37.6 Å². The lowest BCUT2D eigenvalue weighted by Gasteiger charge is -2.12. The summed E-state index contributed by atoms with van der Waals surface area (Å²) < 4.78 is 66.7. The van der Waals surface area contributed by atoms with Crippen molar-refractivity contribution < 1.29 is 30.6 Å². The predicted molar refractivity (Wildman–Crippen MR) is 65.7 cm³/mol. The van der Waals surface area contributed by atoms with Gasteiger partial charge in [0.25, 0.3) is 6.43 Å².